The van der Waals surface area contributed by atoms with Gasteiger partial charge in [-0.05, 0) is 52.2 Å². The summed E-state index contributed by atoms with van der Waals surface area (Å²) in [5, 5.41) is 15.7. The van der Waals surface area contributed by atoms with Gasteiger partial charge in [0.05, 0.1) is 17.4 Å². The van der Waals surface area contributed by atoms with Crippen molar-refractivity contribution in [1.29, 1.82) is 0 Å². The fourth-order valence-corrected chi connectivity index (χ4v) is 4.69. The number of fused-ring (bicyclic) bond motifs is 2. The van der Waals surface area contributed by atoms with Crippen molar-refractivity contribution in [2.45, 2.75) is 20.8 Å². The highest BCUT2D eigenvalue weighted by Crippen LogP contribution is 2.33. The van der Waals surface area contributed by atoms with Crippen molar-refractivity contribution in [3.05, 3.63) is 65.7 Å². The summed E-state index contributed by atoms with van der Waals surface area (Å²) in [6.07, 6.45) is 5.23. The number of H-pyrrole nitrogens is 2. The van der Waals surface area contributed by atoms with E-state index in [1.807, 2.05) is 45.0 Å². The van der Waals surface area contributed by atoms with Gasteiger partial charge in [0.1, 0.15) is 11.2 Å². The predicted octanol–water partition coefficient (Wildman–Crippen LogP) is 6.28. The first kappa shape index (κ1) is 22.1. The third-order valence-corrected chi connectivity index (χ3v) is 6.70. The van der Waals surface area contributed by atoms with E-state index in [9.17, 15) is 4.79 Å². The van der Waals surface area contributed by atoms with E-state index >= 15 is 0 Å². The molecule has 178 valence electrons. The summed E-state index contributed by atoms with van der Waals surface area (Å²) in [7, 11) is 0. The Balaban J connectivity index is 1.40. The number of hydrogen-bond donors (Lipinski definition) is 3. The first-order valence-electron chi connectivity index (χ1n) is 11.5. The number of thiophene rings is 1. The van der Waals surface area contributed by atoms with Crippen LogP contribution in [0, 0.1) is 5.41 Å². The fourth-order valence-electron chi connectivity index (χ4n) is 4.03. The average Bonchev–Trinajstić information content (AvgIpc) is 3.62. The Labute approximate surface area is 210 Å². The molecular weight excluding hydrogens is 470 g/mol. The normalized spacial score (nSPS) is 11.9. The highest BCUT2D eigenvalue weighted by atomic mass is 32.1. The summed E-state index contributed by atoms with van der Waals surface area (Å²) in [5.74, 6) is 0.585. The number of amides is 1. The Morgan fingerprint density at radius 2 is 1.92 bits per heavy atom. The van der Waals surface area contributed by atoms with Gasteiger partial charge in [0.25, 0.3) is 0 Å². The number of carbonyl (C=O) groups excluding carboxylic acids is 1. The molecule has 0 unspecified atom stereocenters. The molecule has 6 rings (SSSR count). The minimum atomic E-state index is -0.495. The SMILES string of the molecule is CC(C)(C)C(=O)Nc1cncc(-c2ccc3[nH]nc(-c4nc5c(-c6ccsc6)ccnc5[nH]4)c3c2)c1. The molecule has 8 nitrogen and oxygen atoms in total. The van der Waals surface area contributed by atoms with E-state index in [0.717, 1.165) is 38.7 Å². The second-order valence-electron chi connectivity index (χ2n) is 9.65. The number of rotatable bonds is 4. The van der Waals surface area contributed by atoms with Gasteiger partial charge >= 0.3 is 0 Å². The van der Waals surface area contributed by atoms with E-state index in [1.54, 1.807) is 29.9 Å². The molecule has 1 amide bonds. The van der Waals surface area contributed by atoms with Gasteiger partial charge in [-0.2, -0.15) is 16.4 Å². The van der Waals surface area contributed by atoms with Crippen LogP contribution < -0.4 is 5.32 Å². The molecule has 36 heavy (non-hydrogen) atoms. The molecule has 0 bridgehead atoms. The second-order valence-corrected chi connectivity index (χ2v) is 10.4. The van der Waals surface area contributed by atoms with Crippen molar-refractivity contribution in [2.24, 2.45) is 5.41 Å². The van der Waals surface area contributed by atoms with E-state index in [0.29, 0.717) is 22.9 Å². The predicted molar refractivity (Wildman–Crippen MR) is 144 cm³/mol. The van der Waals surface area contributed by atoms with Crippen LogP contribution in [0.15, 0.2) is 65.7 Å². The van der Waals surface area contributed by atoms with Crippen LogP contribution in [0.2, 0.25) is 0 Å². The maximum absolute atomic E-state index is 12.4. The van der Waals surface area contributed by atoms with Crippen molar-refractivity contribution in [1.82, 2.24) is 30.1 Å². The highest BCUT2D eigenvalue weighted by Gasteiger charge is 2.21. The molecule has 0 aliphatic heterocycles. The smallest absolute Gasteiger partial charge is 0.229 e. The largest absolute Gasteiger partial charge is 0.324 e. The van der Waals surface area contributed by atoms with Crippen LogP contribution in [0.4, 0.5) is 5.69 Å². The summed E-state index contributed by atoms with van der Waals surface area (Å²) in [6.45, 7) is 5.64. The van der Waals surface area contributed by atoms with Gasteiger partial charge in [0.2, 0.25) is 5.91 Å². The van der Waals surface area contributed by atoms with E-state index in [2.05, 4.69) is 53.4 Å². The molecule has 0 radical (unpaired) electrons. The number of aromatic nitrogens is 6. The number of nitrogens with one attached hydrogen (secondary N) is 3. The van der Waals surface area contributed by atoms with Crippen molar-refractivity contribution >= 4 is 45.0 Å². The number of imidazole rings is 1. The zero-order valence-electron chi connectivity index (χ0n) is 20.0. The molecule has 3 N–H and O–H groups in total. The number of pyridine rings is 2. The third-order valence-electron chi connectivity index (χ3n) is 6.01. The first-order chi connectivity index (χ1) is 17.4. The molecule has 5 aromatic heterocycles. The maximum Gasteiger partial charge on any atom is 0.229 e. The number of anilines is 1. The number of benzene rings is 1. The second kappa shape index (κ2) is 8.39. The van der Waals surface area contributed by atoms with E-state index in [4.69, 9.17) is 4.98 Å². The monoisotopic (exact) mass is 493 g/mol. The lowest BCUT2D eigenvalue weighted by Crippen LogP contribution is -2.27. The quantitative estimate of drug-likeness (QED) is 0.268. The Morgan fingerprint density at radius 1 is 1.03 bits per heavy atom. The van der Waals surface area contributed by atoms with Crippen LogP contribution in [0.3, 0.4) is 0 Å². The lowest BCUT2D eigenvalue weighted by Gasteiger charge is -2.17. The zero-order valence-corrected chi connectivity index (χ0v) is 20.8. The first-order valence-corrected chi connectivity index (χ1v) is 12.4. The van der Waals surface area contributed by atoms with Crippen LogP contribution in [0.5, 0.6) is 0 Å². The molecule has 0 saturated carbocycles. The number of hydrogen-bond acceptors (Lipinski definition) is 6. The Hall–Kier alpha value is -4.37. The number of carbonyl (C=O) groups is 1. The van der Waals surface area contributed by atoms with Crippen LogP contribution in [0.25, 0.3) is 55.8 Å². The fraction of sp³-hybridized carbons (Fsp3) is 0.148. The third kappa shape index (κ3) is 3.93. The van der Waals surface area contributed by atoms with Crippen LogP contribution >= 0.6 is 11.3 Å². The molecule has 6 aromatic rings. The molecule has 9 heteroatoms. The standard InChI is InChI=1S/C27H23N7OS/c1-27(2,3)26(35)30-18-10-17(12-28-13-18)15-4-5-21-20(11-15)23(34-33-21)25-31-22-19(16-7-9-36-14-16)6-8-29-24(22)32-25/h4-14H,1-3H3,(H,30,35)(H,33,34)(H,29,31,32). The summed E-state index contributed by atoms with van der Waals surface area (Å²) < 4.78 is 0. The van der Waals surface area contributed by atoms with Gasteiger partial charge in [-0.25, -0.2) is 9.97 Å². The molecular formula is C27H23N7OS. The molecule has 0 aliphatic carbocycles. The van der Waals surface area contributed by atoms with E-state index < -0.39 is 5.41 Å². The molecule has 0 saturated heterocycles. The summed E-state index contributed by atoms with van der Waals surface area (Å²) in [5.41, 5.74) is 7.29. The lowest BCUT2D eigenvalue weighted by molar-refractivity contribution is -0.123. The molecule has 0 atom stereocenters. The molecule has 0 fully saturated rings. The van der Waals surface area contributed by atoms with E-state index in [-0.39, 0.29) is 5.91 Å². The van der Waals surface area contributed by atoms with Crippen molar-refractivity contribution in [2.75, 3.05) is 5.32 Å². The summed E-state index contributed by atoms with van der Waals surface area (Å²) in [4.78, 5) is 29.5. The highest BCUT2D eigenvalue weighted by molar-refractivity contribution is 7.08. The van der Waals surface area contributed by atoms with Gasteiger partial charge in [-0.15, -0.1) is 0 Å². The van der Waals surface area contributed by atoms with E-state index in [1.165, 1.54) is 0 Å². The molecule has 0 spiro atoms. The zero-order chi connectivity index (χ0) is 24.9. The summed E-state index contributed by atoms with van der Waals surface area (Å²) >= 11 is 1.65. The Kier molecular flexibility index (Phi) is 5.15. The average molecular weight is 494 g/mol. The maximum atomic E-state index is 12.4. The Bertz CT molecular complexity index is 1720. The number of aromatic amines is 2. The lowest BCUT2D eigenvalue weighted by atomic mass is 9.95. The molecule has 1 aromatic carbocycles. The topological polar surface area (TPSA) is 112 Å². The van der Waals surface area contributed by atoms with Crippen molar-refractivity contribution < 1.29 is 4.79 Å². The van der Waals surface area contributed by atoms with Gasteiger partial charge in [0.15, 0.2) is 11.5 Å². The van der Waals surface area contributed by atoms with Gasteiger partial charge in [0, 0.05) is 34.3 Å². The van der Waals surface area contributed by atoms with Gasteiger partial charge in [-0.1, -0.05) is 26.8 Å². The van der Waals surface area contributed by atoms with Crippen LogP contribution in [-0.2, 0) is 4.79 Å². The summed E-state index contributed by atoms with van der Waals surface area (Å²) in [6, 6.07) is 12.0. The Morgan fingerprint density at radius 3 is 2.72 bits per heavy atom. The van der Waals surface area contributed by atoms with Crippen LogP contribution in [0.1, 0.15) is 20.8 Å². The van der Waals surface area contributed by atoms with Crippen LogP contribution in [-0.4, -0.2) is 36.0 Å². The van der Waals surface area contributed by atoms with Gasteiger partial charge in [-0.3, -0.25) is 14.9 Å². The van der Waals surface area contributed by atoms with Crippen molar-refractivity contribution in [3.8, 4) is 33.8 Å². The van der Waals surface area contributed by atoms with Gasteiger partial charge < -0.3 is 10.3 Å². The van der Waals surface area contributed by atoms with Crippen molar-refractivity contribution in [3.63, 3.8) is 0 Å². The minimum absolute atomic E-state index is 0.0608. The minimum Gasteiger partial charge on any atom is -0.324 e. The molecule has 0 aliphatic rings. The molecule has 5 heterocycles. The number of nitrogens with zero attached hydrogens (tertiary/aromatic N) is 4.